The molecule has 0 saturated heterocycles. The van der Waals surface area contributed by atoms with Crippen LogP contribution in [0.2, 0.25) is 0 Å². The molecule has 0 bridgehead atoms. The zero-order valence-corrected chi connectivity index (χ0v) is 17.9. The second-order valence-electron chi connectivity index (χ2n) is 5.78. The molecule has 9 heteroatoms. The summed E-state index contributed by atoms with van der Waals surface area (Å²) in [5, 5.41) is 0.913. The Labute approximate surface area is 179 Å². The van der Waals surface area contributed by atoms with Crippen molar-refractivity contribution in [2.75, 3.05) is 31.4 Å². The number of hydrogen-bond acceptors (Lipinski definition) is 5. The van der Waals surface area contributed by atoms with E-state index in [0.29, 0.717) is 11.8 Å². The number of imidazole rings is 1. The molecule has 0 radical (unpaired) electrons. The lowest BCUT2D eigenvalue weighted by Gasteiger charge is -2.20. The van der Waals surface area contributed by atoms with Gasteiger partial charge in [-0.3, -0.25) is 4.90 Å². The molecule has 1 aromatic carbocycles. The molecule has 0 fully saturated rings. The first-order valence-corrected chi connectivity index (χ1v) is 10.5. The fourth-order valence-corrected chi connectivity index (χ4v) is 4.05. The first-order valence-electron chi connectivity index (χ1n) is 8.48. The maximum atomic E-state index is 5.87. The van der Waals surface area contributed by atoms with E-state index in [9.17, 15) is 0 Å². The molecule has 0 aliphatic carbocycles. The Morgan fingerprint density at radius 2 is 1.70 bits per heavy atom. The van der Waals surface area contributed by atoms with Gasteiger partial charge in [-0.1, -0.05) is 42.1 Å². The molecular weight excluding hydrogens is 425 g/mol. The quantitative estimate of drug-likeness (QED) is 0.264. The molecule has 0 amide bonds. The lowest BCUT2D eigenvalue weighted by Crippen LogP contribution is -2.31. The summed E-state index contributed by atoms with van der Waals surface area (Å²) in [7, 11) is 0. The number of fused-ring (bicyclic) bond motifs is 1. The number of benzene rings is 1. The molecule has 0 atom stereocenters. The van der Waals surface area contributed by atoms with E-state index in [1.807, 2.05) is 24.5 Å². The molecule has 0 N–H and O–H groups in total. The molecule has 3 aromatic rings. The molecule has 146 valence electrons. The van der Waals surface area contributed by atoms with E-state index < -0.39 is 0 Å². The maximum Gasteiger partial charge on any atom is 0.164 e. The molecule has 0 unspecified atom stereocenters. The first-order chi connectivity index (χ1) is 12.8. The third kappa shape index (κ3) is 6.22. The van der Waals surface area contributed by atoms with Gasteiger partial charge in [0.05, 0.1) is 6.33 Å². The van der Waals surface area contributed by atoms with Crippen molar-refractivity contribution in [1.82, 2.24) is 24.4 Å². The third-order valence-corrected chi connectivity index (χ3v) is 5.43. The average Bonchev–Trinajstić information content (AvgIpc) is 3.09. The molecule has 0 saturated carbocycles. The molecule has 2 heterocycles. The largest absolute Gasteiger partial charge is 0.314 e. The average molecular weight is 447 g/mol. The smallest absolute Gasteiger partial charge is 0.164 e. The summed E-state index contributed by atoms with van der Waals surface area (Å²) in [5.41, 5.74) is 2.99. The van der Waals surface area contributed by atoms with Crippen molar-refractivity contribution in [2.45, 2.75) is 17.3 Å². The van der Waals surface area contributed by atoms with Crippen molar-refractivity contribution < 1.29 is 0 Å². The molecule has 3 rings (SSSR count). The number of aromatic nitrogens is 4. The molecular formula is C18H22Cl3N5S. The van der Waals surface area contributed by atoms with Gasteiger partial charge >= 0.3 is 0 Å². The van der Waals surface area contributed by atoms with Gasteiger partial charge in [-0.05, 0) is 5.56 Å². The minimum absolute atomic E-state index is 0. The van der Waals surface area contributed by atoms with E-state index in [1.165, 1.54) is 5.56 Å². The predicted molar refractivity (Wildman–Crippen MR) is 116 cm³/mol. The van der Waals surface area contributed by atoms with E-state index in [0.717, 1.165) is 48.1 Å². The van der Waals surface area contributed by atoms with Gasteiger partial charge in [-0.25, -0.2) is 15.0 Å². The highest BCUT2D eigenvalue weighted by molar-refractivity contribution is 7.98. The Morgan fingerprint density at radius 1 is 0.963 bits per heavy atom. The van der Waals surface area contributed by atoms with Gasteiger partial charge in [0.15, 0.2) is 5.65 Å². The fraction of sp³-hybridized carbons (Fsp3) is 0.389. The van der Waals surface area contributed by atoms with E-state index in [4.69, 9.17) is 23.2 Å². The Balaban J connectivity index is 0.00000261. The minimum atomic E-state index is 0. The van der Waals surface area contributed by atoms with Gasteiger partial charge in [-0.15, -0.1) is 35.6 Å². The number of nitrogens with zero attached hydrogens (tertiary/aromatic N) is 5. The van der Waals surface area contributed by atoms with Gasteiger partial charge in [0, 0.05) is 43.7 Å². The van der Waals surface area contributed by atoms with Crippen molar-refractivity contribution in [3.63, 3.8) is 0 Å². The van der Waals surface area contributed by atoms with Crippen molar-refractivity contribution in [1.29, 1.82) is 0 Å². The van der Waals surface area contributed by atoms with Crippen LogP contribution in [0.4, 0.5) is 0 Å². The summed E-state index contributed by atoms with van der Waals surface area (Å²) < 4.78 is 2.07. The predicted octanol–water partition coefficient (Wildman–Crippen LogP) is 4.32. The Morgan fingerprint density at radius 3 is 2.41 bits per heavy atom. The van der Waals surface area contributed by atoms with Crippen molar-refractivity contribution in [3.8, 4) is 0 Å². The SMILES string of the molecule is Cl.ClCCN(CCCl)CCn1cnc2c(SCc3ccccc3)ncnc21. The number of alkyl halides is 2. The van der Waals surface area contributed by atoms with Gasteiger partial charge in [0.1, 0.15) is 16.9 Å². The van der Waals surface area contributed by atoms with Gasteiger partial charge in [-0.2, -0.15) is 0 Å². The highest BCUT2D eigenvalue weighted by atomic mass is 35.5. The van der Waals surface area contributed by atoms with Crippen LogP contribution < -0.4 is 0 Å². The van der Waals surface area contributed by atoms with Crippen LogP contribution in [-0.4, -0.2) is 55.8 Å². The zero-order valence-electron chi connectivity index (χ0n) is 14.8. The Hall–Kier alpha value is -1.05. The Bertz CT molecular complexity index is 809. The van der Waals surface area contributed by atoms with Crippen molar-refractivity contribution in [3.05, 3.63) is 48.5 Å². The standard InChI is InChI=1S/C18H21Cl2N5S.ClH/c19-6-8-24(9-7-20)10-11-25-14-23-16-17(25)21-13-22-18(16)26-12-15-4-2-1-3-5-15;/h1-5,13-14H,6-12H2;1H. The molecule has 0 aliphatic rings. The minimum Gasteiger partial charge on any atom is -0.314 e. The summed E-state index contributed by atoms with van der Waals surface area (Å²) in [4.78, 5) is 15.6. The van der Waals surface area contributed by atoms with E-state index in [-0.39, 0.29) is 12.4 Å². The summed E-state index contributed by atoms with van der Waals surface area (Å²) in [6.07, 6.45) is 3.45. The molecule has 5 nitrogen and oxygen atoms in total. The highest BCUT2D eigenvalue weighted by Gasteiger charge is 2.12. The molecule has 0 spiro atoms. The Kier molecular flexibility index (Phi) is 9.65. The summed E-state index contributed by atoms with van der Waals surface area (Å²) >= 11 is 13.4. The fourth-order valence-electron chi connectivity index (χ4n) is 2.68. The number of halogens is 3. The second kappa shape index (κ2) is 11.7. The van der Waals surface area contributed by atoms with Crippen LogP contribution in [-0.2, 0) is 12.3 Å². The zero-order chi connectivity index (χ0) is 18.2. The van der Waals surface area contributed by atoms with Crippen LogP contribution in [0.3, 0.4) is 0 Å². The van der Waals surface area contributed by atoms with Gasteiger partial charge in [0.2, 0.25) is 0 Å². The first kappa shape index (κ1) is 22.2. The molecule has 2 aromatic heterocycles. The molecule has 0 aliphatic heterocycles. The monoisotopic (exact) mass is 445 g/mol. The lowest BCUT2D eigenvalue weighted by molar-refractivity contribution is 0.295. The van der Waals surface area contributed by atoms with Crippen molar-refractivity contribution in [2.24, 2.45) is 0 Å². The molecule has 27 heavy (non-hydrogen) atoms. The second-order valence-corrected chi connectivity index (χ2v) is 7.50. The third-order valence-electron chi connectivity index (χ3n) is 4.04. The lowest BCUT2D eigenvalue weighted by atomic mass is 10.2. The maximum absolute atomic E-state index is 5.87. The van der Waals surface area contributed by atoms with Crippen LogP contribution in [0.25, 0.3) is 11.2 Å². The van der Waals surface area contributed by atoms with Crippen molar-refractivity contribution >= 4 is 58.5 Å². The number of hydrogen-bond donors (Lipinski definition) is 0. The number of rotatable bonds is 10. The highest BCUT2D eigenvalue weighted by Crippen LogP contribution is 2.26. The summed E-state index contributed by atoms with van der Waals surface area (Å²) in [5.74, 6) is 2.06. The van der Waals surface area contributed by atoms with Crippen LogP contribution in [0.5, 0.6) is 0 Å². The number of thioether (sulfide) groups is 1. The van der Waals surface area contributed by atoms with Crippen LogP contribution in [0.1, 0.15) is 5.56 Å². The normalized spacial score (nSPS) is 11.1. The summed E-state index contributed by atoms with van der Waals surface area (Å²) in [6, 6.07) is 10.4. The van der Waals surface area contributed by atoms with E-state index >= 15 is 0 Å². The van der Waals surface area contributed by atoms with Crippen LogP contribution >= 0.6 is 47.4 Å². The summed E-state index contributed by atoms with van der Waals surface area (Å²) in [6.45, 7) is 3.31. The van der Waals surface area contributed by atoms with Crippen LogP contribution in [0, 0.1) is 0 Å². The topological polar surface area (TPSA) is 46.8 Å². The van der Waals surface area contributed by atoms with Crippen LogP contribution in [0.15, 0.2) is 48.0 Å². The van der Waals surface area contributed by atoms with Gasteiger partial charge < -0.3 is 4.57 Å². The van der Waals surface area contributed by atoms with Gasteiger partial charge in [0.25, 0.3) is 0 Å². The van der Waals surface area contributed by atoms with E-state index in [2.05, 4.69) is 36.6 Å². The van der Waals surface area contributed by atoms with E-state index in [1.54, 1.807) is 18.1 Å².